The summed E-state index contributed by atoms with van der Waals surface area (Å²) >= 11 is 0. The van der Waals surface area contributed by atoms with Gasteiger partial charge in [-0.1, -0.05) is 158 Å². The van der Waals surface area contributed by atoms with Crippen LogP contribution in [0.3, 0.4) is 0 Å². The Morgan fingerprint density at radius 2 is 0.732 bits per heavy atom. The van der Waals surface area contributed by atoms with Crippen LogP contribution in [0.5, 0.6) is 0 Å². The van der Waals surface area contributed by atoms with E-state index in [1.165, 1.54) is 54.9 Å². The van der Waals surface area contributed by atoms with E-state index in [1.807, 2.05) is 6.07 Å². The van der Waals surface area contributed by atoms with Gasteiger partial charge in [-0.05, 0) is 117 Å². The van der Waals surface area contributed by atoms with E-state index in [1.54, 1.807) is 0 Å². The molecule has 16 rings (SSSR count). The van der Waals surface area contributed by atoms with Crippen molar-refractivity contribution in [3.05, 3.63) is 265 Å². The SMILES string of the molecule is c1ccc(-n2c3ccc(-c4ccc5c(c4)c4cc6c(cc4n5-c4ccc5c(c4)C(c4ccccc4)(c4ccccc4)c4ccccc4-5)oc4ccccc46)cc3c3cc4c(cc32)oc2ccccc24)cc1. The molecule has 71 heavy (non-hydrogen) atoms. The molecule has 0 saturated heterocycles. The van der Waals surface area contributed by atoms with E-state index in [9.17, 15) is 0 Å². The van der Waals surface area contributed by atoms with E-state index >= 15 is 0 Å². The Morgan fingerprint density at radius 1 is 0.268 bits per heavy atom. The zero-order chi connectivity index (χ0) is 46.4. The predicted octanol–water partition coefficient (Wildman–Crippen LogP) is 17.7. The highest BCUT2D eigenvalue weighted by Gasteiger charge is 2.46. The number of para-hydroxylation sites is 3. The quantitative estimate of drug-likeness (QED) is 0.173. The minimum Gasteiger partial charge on any atom is -0.456 e. The Balaban J connectivity index is 0.950. The summed E-state index contributed by atoms with van der Waals surface area (Å²) < 4.78 is 17.9. The van der Waals surface area contributed by atoms with Crippen molar-refractivity contribution in [1.29, 1.82) is 0 Å². The second-order valence-electron chi connectivity index (χ2n) is 19.2. The van der Waals surface area contributed by atoms with E-state index in [-0.39, 0.29) is 0 Å². The minimum absolute atomic E-state index is 0.527. The maximum atomic E-state index is 6.64. The van der Waals surface area contributed by atoms with Crippen LogP contribution in [0.1, 0.15) is 22.3 Å². The van der Waals surface area contributed by atoms with Crippen molar-refractivity contribution in [2.75, 3.05) is 0 Å². The number of hydrogen-bond acceptors (Lipinski definition) is 2. The van der Waals surface area contributed by atoms with Crippen molar-refractivity contribution in [1.82, 2.24) is 9.13 Å². The van der Waals surface area contributed by atoms with Crippen LogP contribution in [0, 0.1) is 0 Å². The average Bonchev–Trinajstić information content (AvgIpc) is 4.23. The largest absolute Gasteiger partial charge is 0.456 e. The minimum atomic E-state index is -0.527. The third kappa shape index (κ3) is 5.28. The highest BCUT2D eigenvalue weighted by atomic mass is 16.3. The number of fused-ring (bicyclic) bond motifs is 15. The molecule has 0 amide bonds. The van der Waals surface area contributed by atoms with Gasteiger partial charge in [-0.3, -0.25) is 0 Å². The maximum absolute atomic E-state index is 6.64. The molecule has 4 heteroatoms. The molecule has 4 aromatic heterocycles. The van der Waals surface area contributed by atoms with Crippen LogP contribution in [-0.4, -0.2) is 9.13 Å². The molecule has 330 valence electrons. The van der Waals surface area contributed by atoms with Gasteiger partial charge in [0, 0.05) is 66.6 Å². The van der Waals surface area contributed by atoms with Gasteiger partial charge in [-0.2, -0.15) is 0 Å². The predicted molar refractivity (Wildman–Crippen MR) is 292 cm³/mol. The molecule has 0 unspecified atom stereocenters. The van der Waals surface area contributed by atoms with Crippen LogP contribution in [0.4, 0.5) is 0 Å². The van der Waals surface area contributed by atoms with Gasteiger partial charge in [0.15, 0.2) is 0 Å². The van der Waals surface area contributed by atoms with Crippen molar-refractivity contribution in [3.63, 3.8) is 0 Å². The van der Waals surface area contributed by atoms with E-state index in [0.29, 0.717) is 0 Å². The van der Waals surface area contributed by atoms with Crippen molar-refractivity contribution in [3.8, 4) is 33.6 Å². The summed E-state index contributed by atoms with van der Waals surface area (Å²) in [5.74, 6) is 0. The first-order valence-electron chi connectivity index (χ1n) is 24.4. The van der Waals surface area contributed by atoms with Gasteiger partial charge in [-0.25, -0.2) is 0 Å². The second-order valence-corrected chi connectivity index (χ2v) is 19.2. The maximum Gasteiger partial charge on any atom is 0.137 e. The molecular weight excluding hydrogens is 865 g/mol. The van der Waals surface area contributed by atoms with Gasteiger partial charge < -0.3 is 18.0 Å². The lowest BCUT2D eigenvalue weighted by Gasteiger charge is -2.34. The van der Waals surface area contributed by atoms with Crippen LogP contribution in [-0.2, 0) is 5.41 Å². The first kappa shape index (κ1) is 38.6. The van der Waals surface area contributed by atoms with Crippen LogP contribution < -0.4 is 0 Å². The van der Waals surface area contributed by atoms with Crippen LogP contribution >= 0.6 is 0 Å². The topological polar surface area (TPSA) is 36.1 Å². The summed E-state index contributed by atoms with van der Waals surface area (Å²) in [5.41, 5.74) is 19.6. The third-order valence-corrected chi connectivity index (χ3v) is 15.6. The van der Waals surface area contributed by atoms with E-state index in [0.717, 1.165) is 88.4 Å². The van der Waals surface area contributed by atoms with Crippen molar-refractivity contribution >= 4 is 87.5 Å². The van der Waals surface area contributed by atoms with Crippen LogP contribution in [0.2, 0.25) is 0 Å². The molecule has 0 N–H and O–H groups in total. The molecule has 0 fully saturated rings. The Kier molecular flexibility index (Phi) is 7.79. The van der Waals surface area contributed by atoms with E-state index in [2.05, 4.69) is 246 Å². The molecule has 0 radical (unpaired) electrons. The molecule has 15 aromatic rings. The average molecular weight is 905 g/mol. The van der Waals surface area contributed by atoms with Gasteiger partial charge in [-0.15, -0.1) is 0 Å². The van der Waals surface area contributed by atoms with Crippen LogP contribution in [0.25, 0.3) is 121 Å². The van der Waals surface area contributed by atoms with E-state index in [4.69, 9.17) is 8.83 Å². The molecule has 4 nitrogen and oxygen atoms in total. The summed E-state index contributed by atoms with van der Waals surface area (Å²) in [6, 6.07) is 88.8. The first-order chi connectivity index (χ1) is 35.2. The number of rotatable bonds is 5. The van der Waals surface area contributed by atoms with Crippen LogP contribution in [0.15, 0.2) is 251 Å². The molecule has 0 spiro atoms. The fourth-order valence-corrected chi connectivity index (χ4v) is 12.5. The molecule has 0 atom stereocenters. The summed E-state index contributed by atoms with van der Waals surface area (Å²) in [6.45, 7) is 0. The van der Waals surface area contributed by atoms with Gasteiger partial charge in [0.1, 0.15) is 22.3 Å². The van der Waals surface area contributed by atoms with E-state index < -0.39 is 5.41 Å². The van der Waals surface area contributed by atoms with Gasteiger partial charge in [0.2, 0.25) is 0 Å². The number of aromatic nitrogens is 2. The summed E-state index contributed by atoms with van der Waals surface area (Å²) in [7, 11) is 0. The monoisotopic (exact) mass is 904 g/mol. The number of nitrogens with zero attached hydrogens (tertiary/aromatic N) is 2. The molecule has 0 saturated carbocycles. The Morgan fingerprint density at radius 3 is 1.31 bits per heavy atom. The van der Waals surface area contributed by atoms with Crippen molar-refractivity contribution in [2.24, 2.45) is 0 Å². The molecule has 4 heterocycles. The van der Waals surface area contributed by atoms with Gasteiger partial charge in [0.25, 0.3) is 0 Å². The van der Waals surface area contributed by atoms with Gasteiger partial charge in [0.05, 0.1) is 27.5 Å². The molecule has 0 bridgehead atoms. The summed E-state index contributed by atoms with van der Waals surface area (Å²) in [4.78, 5) is 0. The van der Waals surface area contributed by atoms with Crippen molar-refractivity contribution in [2.45, 2.75) is 5.41 Å². The highest BCUT2D eigenvalue weighted by molar-refractivity contribution is 6.20. The van der Waals surface area contributed by atoms with Gasteiger partial charge >= 0.3 is 0 Å². The summed E-state index contributed by atoms with van der Waals surface area (Å²) in [5, 5.41) is 9.23. The first-order valence-corrected chi connectivity index (χ1v) is 24.4. The summed E-state index contributed by atoms with van der Waals surface area (Å²) in [6.07, 6.45) is 0. The molecule has 0 aliphatic heterocycles. The fraction of sp³-hybridized carbons (Fsp3) is 0.0149. The Bertz CT molecular complexity index is 4650. The molecular formula is C67H40N2O2. The zero-order valence-electron chi connectivity index (χ0n) is 38.3. The lowest BCUT2D eigenvalue weighted by atomic mass is 9.67. The van der Waals surface area contributed by atoms with Crippen molar-refractivity contribution < 1.29 is 8.83 Å². The Hall–Kier alpha value is -9.38. The smallest absolute Gasteiger partial charge is 0.137 e. The third-order valence-electron chi connectivity index (χ3n) is 15.6. The second kappa shape index (κ2) is 14.3. The lowest BCUT2D eigenvalue weighted by Crippen LogP contribution is -2.28. The number of furan rings is 2. The fourth-order valence-electron chi connectivity index (χ4n) is 12.5. The normalized spacial score (nSPS) is 13.2. The lowest BCUT2D eigenvalue weighted by molar-refractivity contribution is 0.669. The highest BCUT2D eigenvalue weighted by Crippen LogP contribution is 2.57. The molecule has 1 aliphatic rings. The zero-order valence-corrected chi connectivity index (χ0v) is 38.3. The Labute approximate surface area is 407 Å². The standard InChI is InChI=1S/C67H40N2O2/c1-4-16-43(17-5-1)67(44-18-6-2-7-19-44)57-25-13-10-22-47(57)48-31-30-46(36-58(48)67)69-60-33-29-42(35-52(60)54-38-56-50-24-12-15-27-64(50)71-66(56)40-62(54)69)41-28-32-59-51(34-41)53-37-55-49-23-11-14-26-63(49)70-65(55)39-61(53)68(59)45-20-8-3-9-21-45/h1-40H. The molecule has 11 aromatic carbocycles. The molecule has 1 aliphatic carbocycles. The number of benzene rings is 11. The number of hydrogen-bond donors (Lipinski definition) is 0.